The fraction of sp³-hybridized carbons (Fsp3) is 0.286. The summed E-state index contributed by atoms with van der Waals surface area (Å²) in [6.45, 7) is 0.947. The second-order valence-corrected chi connectivity index (χ2v) is 4.33. The molecule has 1 aromatic carbocycles. The number of hydrogen-bond donors (Lipinski definition) is 2. The molecule has 21 heavy (non-hydrogen) atoms. The van der Waals surface area contributed by atoms with Crippen molar-refractivity contribution in [1.82, 2.24) is 0 Å². The fourth-order valence-electron chi connectivity index (χ4n) is 1.76. The summed E-state index contributed by atoms with van der Waals surface area (Å²) in [7, 11) is 0. The Morgan fingerprint density at radius 3 is 2.81 bits per heavy atom. The summed E-state index contributed by atoms with van der Waals surface area (Å²) in [6.07, 6.45) is 1.26. The van der Waals surface area contributed by atoms with Gasteiger partial charge in [0.1, 0.15) is 5.82 Å². The van der Waals surface area contributed by atoms with Crippen LogP contribution in [0.5, 0.6) is 0 Å². The van der Waals surface area contributed by atoms with Crippen molar-refractivity contribution in [3.8, 4) is 0 Å². The van der Waals surface area contributed by atoms with Gasteiger partial charge in [0.15, 0.2) is 6.10 Å². The summed E-state index contributed by atoms with van der Waals surface area (Å²) >= 11 is 0. The Labute approximate surface area is 120 Å². The number of ether oxygens (including phenoxy) is 2. The van der Waals surface area contributed by atoms with Crippen LogP contribution >= 0.6 is 0 Å². The fourth-order valence-corrected chi connectivity index (χ4v) is 1.76. The number of aliphatic carboxylic acids is 1. The second-order valence-electron chi connectivity index (χ2n) is 4.33. The number of amides is 1. The number of rotatable bonds is 4. The number of carboxylic acids is 1. The monoisotopic (exact) mass is 295 g/mol. The summed E-state index contributed by atoms with van der Waals surface area (Å²) in [5.74, 6) is -2.21. The van der Waals surface area contributed by atoms with Crippen LogP contribution in [0.2, 0.25) is 0 Å². The maximum Gasteiger partial charge on any atom is 0.328 e. The molecule has 1 amide bonds. The van der Waals surface area contributed by atoms with Crippen LogP contribution in [0, 0.1) is 5.82 Å². The molecular weight excluding hydrogens is 281 g/mol. The van der Waals surface area contributed by atoms with Crippen molar-refractivity contribution < 1.29 is 28.6 Å². The van der Waals surface area contributed by atoms with Crippen LogP contribution in [0.3, 0.4) is 0 Å². The van der Waals surface area contributed by atoms with Crippen molar-refractivity contribution in [1.29, 1.82) is 0 Å². The van der Waals surface area contributed by atoms with Crippen molar-refractivity contribution in [3.05, 3.63) is 35.7 Å². The number of carbonyl (C=O) groups excluding carboxylic acids is 1. The maximum absolute atomic E-state index is 13.7. The molecule has 1 saturated heterocycles. The molecule has 1 atom stereocenters. The predicted molar refractivity (Wildman–Crippen MR) is 72.3 cm³/mol. The highest BCUT2D eigenvalue weighted by Gasteiger charge is 2.22. The molecule has 0 radical (unpaired) electrons. The number of nitrogens with one attached hydrogen (secondary N) is 1. The van der Waals surface area contributed by atoms with E-state index in [0.29, 0.717) is 13.2 Å². The summed E-state index contributed by atoms with van der Waals surface area (Å²) in [6, 6.07) is 3.97. The van der Waals surface area contributed by atoms with E-state index in [4.69, 9.17) is 14.6 Å². The predicted octanol–water partition coefficient (Wildman–Crippen LogP) is 1.28. The molecular formula is C14H14FNO5. The highest BCUT2D eigenvalue weighted by atomic mass is 19.1. The number of hydrogen-bond acceptors (Lipinski definition) is 4. The molecule has 1 heterocycles. The van der Waals surface area contributed by atoms with Gasteiger partial charge in [-0.15, -0.1) is 0 Å². The zero-order chi connectivity index (χ0) is 15.2. The maximum atomic E-state index is 13.7. The Kier molecular flexibility index (Phi) is 5.02. The molecule has 1 unspecified atom stereocenters. The summed E-state index contributed by atoms with van der Waals surface area (Å²) in [5.41, 5.74) is 0.381. The van der Waals surface area contributed by atoms with Crippen LogP contribution in [-0.4, -0.2) is 42.9 Å². The van der Waals surface area contributed by atoms with Gasteiger partial charge in [-0.05, 0) is 24.3 Å². The zero-order valence-electron chi connectivity index (χ0n) is 11.0. The Bertz CT molecular complexity index is 566. The number of carboxylic acid groups (broad SMARTS) is 1. The molecule has 0 bridgehead atoms. The van der Waals surface area contributed by atoms with Gasteiger partial charge in [-0.2, -0.15) is 0 Å². The minimum absolute atomic E-state index is 0.118. The lowest BCUT2D eigenvalue weighted by Crippen LogP contribution is -2.39. The third kappa shape index (κ3) is 4.37. The lowest BCUT2D eigenvalue weighted by molar-refractivity contribution is -0.142. The van der Waals surface area contributed by atoms with Crippen LogP contribution in [0.4, 0.5) is 10.1 Å². The summed E-state index contributed by atoms with van der Waals surface area (Å²) < 4.78 is 24.1. The zero-order valence-corrected chi connectivity index (χ0v) is 11.0. The highest BCUT2D eigenvalue weighted by Crippen LogP contribution is 2.16. The number of carbonyl (C=O) groups is 2. The summed E-state index contributed by atoms with van der Waals surface area (Å²) in [5, 5.41) is 11.0. The molecule has 1 fully saturated rings. The third-order valence-corrected chi connectivity index (χ3v) is 2.78. The van der Waals surface area contributed by atoms with E-state index in [-0.39, 0.29) is 17.9 Å². The van der Waals surface area contributed by atoms with Gasteiger partial charge in [-0.25, -0.2) is 9.18 Å². The second kappa shape index (κ2) is 6.96. The van der Waals surface area contributed by atoms with Crippen LogP contribution in [0.1, 0.15) is 5.56 Å². The van der Waals surface area contributed by atoms with E-state index in [1.807, 2.05) is 0 Å². The Morgan fingerprint density at radius 1 is 1.38 bits per heavy atom. The molecule has 0 spiro atoms. The number of halogens is 1. The first-order valence-electron chi connectivity index (χ1n) is 6.27. The van der Waals surface area contributed by atoms with E-state index in [1.54, 1.807) is 0 Å². The van der Waals surface area contributed by atoms with Crippen LogP contribution in [-0.2, 0) is 19.1 Å². The molecule has 6 nitrogen and oxygen atoms in total. The van der Waals surface area contributed by atoms with E-state index in [1.165, 1.54) is 12.1 Å². The van der Waals surface area contributed by atoms with Gasteiger partial charge in [-0.3, -0.25) is 4.79 Å². The van der Waals surface area contributed by atoms with Gasteiger partial charge in [0, 0.05) is 17.3 Å². The van der Waals surface area contributed by atoms with Gasteiger partial charge >= 0.3 is 5.97 Å². The minimum atomic E-state index is -1.17. The van der Waals surface area contributed by atoms with Crippen LogP contribution < -0.4 is 5.32 Å². The Morgan fingerprint density at radius 2 is 2.19 bits per heavy atom. The number of benzene rings is 1. The van der Waals surface area contributed by atoms with E-state index >= 15 is 0 Å². The van der Waals surface area contributed by atoms with Crippen molar-refractivity contribution in [2.24, 2.45) is 0 Å². The van der Waals surface area contributed by atoms with E-state index in [0.717, 1.165) is 18.2 Å². The third-order valence-electron chi connectivity index (χ3n) is 2.78. The molecule has 1 aromatic rings. The first-order chi connectivity index (χ1) is 10.1. The normalized spacial score (nSPS) is 18.6. The largest absolute Gasteiger partial charge is 0.478 e. The first-order valence-corrected chi connectivity index (χ1v) is 6.27. The molecule has 2 rings (SSSR count). The molecule has 7 heteroatoms. The van der Waals surface area contributed by atoms with Gasteiger partial charge in [-0.1, -0.05) is 0 Å². The smallest absolute Gasteiger partial charge is 0.328 e. The average molecular weight is 295 g/mol. The average Bonchev–Trinajstić information content (AvgIpc) is 2.47. The molecule has 0 aliphatic carbocycles. The summed E-state index contributed by atoms with van der Waals surface area (Å²) in [4.78, 5) is 22.2. The molecule has 2 N–H and O–H groups in total. The lowest BCUT2D eigenvalue weighted by atomic mass is 10.1. The standard InChI is InChI=1S/C14H14FNO5/c15-11-7-10(3-1-9(11)2-4-13(17)18)16-14(19)12-8-20-5-6-21-12/h1-4,7,12H,5-6,8H2,(H,16,19)(H,17,18). The van der Waals surface area contributed by atoms with E-state index < -0.39 is 23.8 Å². The first kappa shape index (κ1) is 15.1. The topological polar surface area (TPSA) is 84.9 Å². The van der Waals surface area contributed by atoms with Gasteiger partial charge in [0.05, 0.1) is 19.8 Å². The van der Waals surface area contributed by atoms with Crippen molar-refractivity contribution in [3.63, 3.8) is 0 Å². The van der Waals surface area contributed by atoms with Crippen LogP contribution in [0.25, 0.3) is 6.08 Å². The SMILES string of the molecule is O=C(O)C=Cc1ccc(NC(=O)C2COCCO2)cc1F. The van der Waals surface area contributed by atoms with Gasteiger partial charge in [0.2, 0.25) is 0 Å². The van der Waals surface area contributed by atoms with E-state index in [9.17, 15) is 14.0 Å². The highest BCUT2D eigenvalue weighted by molar-refractivity contribution is 5.94. The molecule has 1 aliphatic rings. The van der Waals surface area contributed by atoms with E-state index in [2.05, 4.69) is 5.32 Å². The minimum Gasteiger partial charge on any atom is -0.478 e. The van der Waals surface area contributed by atoms with Crippen molar-refractivity contribution >= 4 is 23.6 Å². The van der Waals surface area contributed by atoms with Crippen LogP contribution in [0.15, 0.2) is 24.3 Å². The van der Waals surface area contributed by atoms with Crippen molar-refractivity contribution in [2.45, 2.75) is 6.10 Å². The van der Waals surface area contributed by atoms with Gasteiger partial charge < -0.3 is 19.9 Å². The molecule has 112 valence electrons. The van der Waals surface area contributed by atoms with Gasteiger partial charge in [0.25, 0.3) is 5.91 Å². The molecule has 1 aliphatic heterocycles. The number of anilines is 1. The molecule has 0 aromatic heterocycles. The Hall–Kier alpha value is -2.25. The molecule has 0 saturated carbocycles. The van der Waals surface area contributed by atoms with Crippen molar-refractivity contribution in [2.75, 3.05) is 25.1 Å². The lowest BCUT2D eigenvalue weighted by Gasteiger charge is -2.22. The quantitative estimate of drug-likeness (QED) is 0.817. The Balaban J connectivity index is 2.02.